The third-order valence-corrected chi connectivity index (χ3v) is 3.15. The van der Waals surface area contributed by atoms with Gasteiger partial charge in [0.1, 0.15) is 6.33 Å². The molecule has 19 heavy (non-hydrogen) atoms. The second kappa shape index (κ2) is 6.92. The maximum absolute atomic E-state index is 5.92. The maximum Gasteiger partial charge on any atom is 0.115 e. The van der Waals surface area contributed by atoms with Crippen molar-refractivity contribution in [3.63, 3.8) is 0 Å². The molecule has 2 rings (SSSR count). The molecule has 100 valence electrons. The summed E-state index contributed by atoms with van der Waals surface area (Å²) >= 11 is 0. The van der Waals surface area contributed by atoms with Crippen LogP contribution in [0.15, 0.2) is 43.1 Å². The van der Waals surface area contributed by atoms with Crippen LogP contribution in [-0.4, -0.2) is 32.9 Å². The highest BCUT2D eigenvalue weighted by atomic mass is 15.2. The fourth-order valence-corrected chi connectivity index (χ4v) is 2.12. The van der Waals surface area contributed by atoms with Gasteiger partial charge in [-0.05, 0) is 30.3 Å². The van der Waals surface area contributed by atoms with Crippen molar-refractivity contribution in [3.05, 3.63) is 54.4 Å². The van der Waals surface area contributed by atoms with Gasteiger partial charge in [0, 0.05) is 31.7 Å². The zero-order chi connectivity index (χ0) is 13.5. The molecule has 5 nitrogen and oxygen atoms in total. The van der Waals surface area contributed by atoms with Gasteiger partial charge in [0.25, 0.3) is 0 Å². The molecule has 0 saturated heterocycles. The Hall–Kier alpha value is -1.85. The maximum atomic E-state index is 5.92. The second-order valence-corrected chi connectivity index (χ2v) is 4.30. The molecule has 0 aliphatic rings. The van der Waals surface area contributed by atoms with Gasteiger partial charge in [-0.15, -0.1) is 0 Å². The van der Waals surface area contributed by atoms with Gasteiger partial charge >= 0.3 is 0 Å². The number of nitrogens with two attached hydrogens (primary N) is 1. The normalized spacial score (nSPS) is 12.6. The standard InChI is InChI=1S/C14H19N5/c1-2-19(10-12-3-6-16-7-4-12)14(9-15)13-5-8-17-11-18-13/h3-8,11,14H,2,9-10,15H2,1H3. The zero-order valence-electron chi connectivity index (χ0n) is 11.1. The van der Waals surface area contributed by atoms with Crippen LogP contribution in [0.4, 0.5) is 0 Å². The van der Waals surface area contributed by atoms with E-state index < -0.39 is 0 Å². The van der Waals surface area contributed by atoms with Crippen molar-refractivity contribution in [2.45, 2.75) is 19.5 Å². The Morgan fingerprint density at radius 1 is 1.16 bits per heavy atom. The van der Waals surface area contributed by atoms with Crippen molar-refractivity contribution in [1.29, 1.82) is 0 Å². The minimum atomic E-state index is 0.112. The summed E-state index contributed by atoms with van der Waals surface area (Å²) in [5.41, 5.74) is 8.11. The van der Waals surface area contributed by atoms with Crippen LogP contribution in [0, 0.1) is 0 Å². The Balaban J connectivity index is 2.15. The molecule has 1 atom stereocenters. The molecule has 0 saturated carbocycles. The molecule has 0 aromatic carbocycles. The van der Waals surface area contributed by atoms with Crippen molar-refractivity contribution in [3.8, 4) is 0 Å². The first-order chi connectivity index (χ1) is 9.35. The van der Waals surface area contributed by atoms with E-state index in [4.69, 9.17) is 5.73 Å². The quantitative estimate of drug-likeness (QED) is 0.847. The van der Waals surface area contributed by atoms with Gasteiger partial charge in [0.15, 0.2) is 0 Å². The van der Waals surface area contributed by atoms with Crippen LogP contribution in [0.5, 0.6) is 0 Å². The van der Waals surface area contributed by atoms with Gasteiger partial charge in [-0.2, -0.15) is 0 Å². The molecule has 2 aromatic rings. The predicted octanol–water partition coefficient (Wildman–Crippen LogP) is 1.39. The molecule has 2 heterocycles. The van der Waals surface area contributed by atoms with E-state index in [0.717, 1.165) is 18.8 Å². The number of pyridine rings is 1. The molecule has 0 aliphatic carbocycles. The third-order valence-electron chi connectivity index (χ3n) is 3.15. The Bertz CT molecular complexity index is 474. The Morgan fingerprint density at radius 3 is 2.47 bits per heavy atom. The molecule has 0 amide bonds. The molecule has 5 heteroatoms. The van der Waals surface area contributed by atoms with Crippen LogP contribution < -0.4 is 5.73 Å². The first kappa shape index (κ1) is 13.6. The van der Waals surface area contributed by atoms with E-state index in [2.05, 4.69) is 26.8 Å². The second-order valence-electron chi connectivity index (χ2n) is 4.30. The molecule has 0 spiro atoms. The average Bonchev–Trinajstić information content (AvgIpc) is 2.49. The average molecular weight is 257 g/mol. The fraction of sp³-hybridized carbons (Fsp3) is 0.357. The van der Waals surface area contributed by atoms with Crippen molar-refractivity contribution in [2.75, 3.05) is 13.1 Å². The Kier molecular flexibility index (Phi) is 4.94. The van der Waals surface area contributed by atoms with E-state index in [-0.39, 0.29) is 6.04 Å². The molecular formula is C14H19N5. The summed E-state index contributed by atoms with van der Waals surface area (Å²) in [6.07, 6.45) is 6.94. The monoisotopic (exact) mass is 257 g/mol. The third kappa shape index (κ3) is 3.56. The molecule has 0 fully saturated rings. The number of aromatic nitrogens is 3. The van der Waals surface area contributed by atoms with E-state index in [0.29, 0.717) is 6.54 Å². The Labute approximate surface area is 113 Å². The molecule has 0 aliphatic heterocycles. The largest absolute Gasteiger partial charge is 0.329 e. The topological polar surface area (TPSA) is 67.9 Å². The number of likely N-dealkylation sites (N-methyl/N-ethyl adjacent to an activating group) is 1. The molecule has 0 bridgehead atoms. The summed E-state index contributed by atoms with van der Waals surface area (Å²) in [6.45, 7) is 4.42. The number of hydrogen-bond donors (Lipinski definition) is 1. The number of nitrogens with zero attached hydrogens (tertiary/aromatic N) is 4. The lowest BCUT2D eigenvalue weighted by Gasteiger charge is -2.29. The van der Waals surface area contributed by atoms with Gasteiger partial charge in [0.2, 0.25) is 0 Å². The first-order valence-electron chi connectivity index (χ1n) is 6.44. The summed E-state index contributed by atoms with van der Waals surface area (Å²) < 4.78 is 0. The SMILES string of the molecule is CCN(Cc1ccncc1)C(CN)c1ccncn1. The van der Waals surface area contributed by atoms with E-state index in [1.54, 1.807) is 12.5 Å². The molecule has 0 radical (unpaired) electrons. The smallest absolute Gasteiger partial charge is 0.115 e. The summed E-state index contributed by atoms with van der Waals surface area (Å²) in [7, 11) is 0. The van der Waals surface area contributed by atoms with Crippen molar-refractivity contribution < 1.29 is 0 Å². The van der Waals surface area contributed by atoms with Gasteiger partial charge in [-0.25, -0.2) is 9.97 Å². The minimum Gasteiger partial charge on any atom is -0.329 e. The van der Waals surface area contributed by atoms with Crippen LogP contribution in [0.2, 0.25) is 0 Å². The summed E-state index contributed by atoms with van der Waals surface area (Å²) in [5.74, 6) is 0. The van der Waals surface area contributed by atoms with E-state index in [1.165, 1.54) is 5.56 Å². The van der Waals surface area contributed by atoms with Crippen molar-refractivity contribution in [1.82, 2.24) is 19.9 Å². The van der Waals surface area contributed by atoms with Crippen LogP contribution in [0.1, 0.15) is 24.2 Å². The van der Waals surface area contributed by atoms with Gasteiger partial charge in [0.05, 0.1) is 11.7 Å². The molecular weight excluding hydrogens is 238 g/mol. The van der Waals surface area contributed by atoms with E-state index >= 15 is 0 Å². The number of hydrogen-bond acceptors (Lipinski definition) is 5. The van der Waals surface area contributed by atoms with E-state index in [1.807, 2.05) is 30.6 Å². The summed E-state index contributed by atoms with van der Waals surface area (Å²) in [4.78, 5) is 14.6. The number of rotatable bonds is 6. The van der Waals surface area contributed by atoms with Gasteiger partial charge in [-0.1, -0.05) is 6.92 Å². The highest BCUT2D eigenvalue weighted by Gasteiger charge is 2.18. The summed E-state index contributed by atoms with van der Waals surface area (Å²) in [6, 6.07) is 6.08. The molecule has 2 aromatic heterocycles. The van der Waals surface area contributed by atoms with Crippen molar-refractivity contribution in [2.24, 2.45) is 5.73 Å². The van der Waals surface area contributed by atoms with Crippen molar-refractivity contribution >= 4 is 0 Å². The van der Waals surface area contributed by atoms with Gasteiger partial charge in [-0.3, -0.25) is 9.88 Å². The first-order valence-corrected chi connectivity index (χ1v) is 6.44. The zero-order valence-corrected chi connectivity index (χ0v) is 11.1. The van der Waals surface area contributed by atoms with Crippen LogP contribution in [0.25, 0.3) is 0 Å². The lowest BCUT2D eigenvalue weighted by molar-refractivity contribution is 0.199. The van der Waals surface area contributed by atoms with Crippen LogP contribution >= 0.6 is 0 Å². The van der Waals surface area contributed by atoms with Crippen LogP contribution in [-0.2, 0) is 6.54 Å². The van der Waals surface area contributed by atoms with Gasteiger partial charge < -0.3 is 5.73 Å². The lowest BCUT2D eigenvalue weighted by atomic mass is 10.1. The Morgan fingerprint density at radius 2 is 1.89 bits per heavy atom. The molecule has 1 unspecified atom stereocenters. The predicted molar refractivity (Wildman–Crippen MR) is 74.1 cm³/mol. The minimum absolute atomic E-state index is 0.112. The highest BCUT2D eigenvalue weighted by Crippen LogP contribution is 2.19. The van der Waals surface area contributed by atoms with Crippen LogP contribution in [0.3, 0.4) is 0 Å². The lowest BCUT2D eigenvalue weighted by Crippen LogP contribution is -2.33. The summed E-state index contributed by atoms with van der Waals surface area (Å²) in [5, 5.41) is 0. The highest BCUT2D eigenvalue weighted by molar-refractivity contribution is 5.12. The molecule has 2 N–H and O–H groups in total. The van der Waals surface area contributed by atoms with E-state index in [9.17, 15) is 0 Å². The fourth-order valence-electron chi connectivity index (χ4n) is 2.12.